The molecule has 106 valence electrons. The zero-order chi connectivity index (χ0) is 14.0. The molecular formula is C12H15FO5S. The summed E-state index contributed by atoms with van der Waals surface area (Å²) in [6.45, 7) is -0.347. The smallest absolute Gasteiger partial charge is 0.264 e. The monoisotopic (exact) mass is 290 g/mol. The van der Waals surface area contributed by atoms with Crippen molar-refractivity contribution in [3.8, 4) is 5.75 Å². The molecule has 1 N–H and O–H groups in total. The number of aliphatic hydroxyl groups excluding tert-OH is 1. The first-order valence-corrected chi connectivity index (χ1v) is 7.64. The van der Waals surface area contributed by atoms with Crippen molar-refractivity contribution < 1.29 is 26.8 Å². The second-order valence-corrected chi connectivity index (χ2v) is 6.15. The maximum atomic E-state index is 13.0. The van der Waals surface area contributed by atoms with Gasteiger partial charge in [-0.1, -0.05) is 0 Å². The molecule has 7 heteroatoms. The molecule has 2 unspecified atom stereocenters. The van der Waals surface area contributed by atoms with Gasteiger partial charge in [-0.2, -0.15) is 8.42 Å². The molecule has 2 atom stereocenters. The summed E-state index contributed by atoms with van der Waals surface area (Å²) in [5.41, 5.74) is 0.743. The zero-order valence-corrected chi connectivity index (χ0v) is 11.2. The van der Waals surface area contributed by atoms with Crippen LogP contribution in [0.2, 0.25) is 0 Å². The Morgan fingerprint density at radius 1 is 1.58 bits per heavy atom. The van der Waals surface area contributed by atoms with E-state index in [1.54, 1.807) is 0 Å². The van der Waals surface area contributed by atoms with E-state index in [4.69, 9.17) is 4.74 Å². The van der Waals surface area contributed by atoms with Crippen LogP contribution in [-0.4, -0.2) is 38.6 Å². The van der Waals surface area contributed by atoms with Gasteiger partial charge in [0, 0.05) is 0 Å². The molecule has 5 nitrogen and oxygen atoms in total. The van der Waals surface area contributed by atoms with Crippen molar-refractivity contribution in [1.29, 1.82) is 0 Å². The second kappa shape index (κ2) is 5.44. The summed E-state index contributed by atoms with van der Waals surface area (Å²) in [6, 6.07) is 4.17. The van der Waals surface area contributed by atoms with Gasteiger partial charge in [0.15, 0.2) is 0 Å². The van der Waals surface area contributed by atoms with Crippen molar-refractivity contribution in [2.75, 3.05) is 12.9 Å². The highest BCUT2D eigenvalue weighted by atomic mass is 32.2. The molecule has 19 heavy (non-hydrogen) atoms. The van der Waals surface area contributed by atoms with Gasteiger partial charge in [0.1, 0.15) is 23.8 Å². The number of benzene rings is 1. The van der Waals surface area contributed by atoms with Crippen LogP contribution in [-0.2, 0) is 20.7 Å². The lowest BCUT2D eigenvalue weighted by atomic mass is 9.99. The molecular weight excluding hydrogens is 275 g/mol. The molecule has 0 aliphatic carbocycles. The van der Waals surface area contributed by atoms with Crippen LogP contribution >= 0.6 is 0 Å². The van der Waals surface area contributed by atoms with Gasteiger partial charge in [-0.25, -0.2) is 4.39 Å². The molecule has 1 aliphatic heterocycles. The number of hydrogen-bond donors (Lipinski definition) is 1. The Kier molecular flexibility index (Phi) is 4.07. The molecule has 0 bridgehead atoms. The molecule has 0 spiro atoms. The third-order valence-corrected chi connectivity index (χ3v) is 3.45. The van der Waals surface area contributed by atoms with Crippen LogP contribution in [0.3, 0.4) is 0 Å². The van der Waals surface area contributed by atoms with Gasteiger partial charge in [0.05, 0.1) is 12.9 Å². The van der Waals surface area contributed by atoms with Crippen LogP contribution in [0.5, 0.6) is 5.75 Å². The molecule has 1 aromatic rings. The Morgan fingerprint density at radius 3 is 3.00 bits per heavy atom. The average Bonchev–Trinajstić information content (AvgIpc) is 2.34. The highest BCUT2D eigenvalue weighted by Crippen LogP contribution is 2.29. The van der Waals surface area contributed by atoms with E-state index in [1.165, 1.54) is 18.2 Å². The van der Waals surface area contributed by atoms with Crippen molar-refractivity contribution in [2.45, 2.75) is 25.0 Å². The summed E-state index contributed by atoms with van der Waals surface area (Å²) in [4.78, 5) is 0. The minimum Gasteiger partial charge on any atom is -0.487 e. The van der Waals surface area contributed by atoms with Crippen LogP contribution in [0.25, 0.3) is 0 Å². The van der Waals surface area contributed by atoms with Crippen molar-refractivity contribution >= 4 is 10.1 Å². The lowest BCUT2D eigenvalue weighted by Crippen LogP contribution is -2.38. The molecule has 2 rings (SSSR count). The first-order valence-electron chi connectivity index (χ1n) is 5.83. The normalized spacial score (nSPS) is 20.5. The van der Waals surface area contributed by atoms with Crippen molar-refractivity contribution in [2.24, 2.45) is 0 Å². The van der Waals surface area contributed by atoms with Gasteiger partial charge >= 0.3 is 0 Å². The van der Waals surface area contributed by atoms with E-state index in [-0.39, 0.29) is 12.4 Å². The quantitative estimate of drug-likeness (QED) is 0.833. The summed E-state index contributed by atoms with van der Waals surface area (Å²) in [5, 5.41) is 9.83. The fourth-order valence-electron chi connectivity index (χ4n) is 1.95. The topological polar surface area (TPSA) is 72.8 Å². The Morgan fingerprint density at radius 2 is 2.32 bits per heavy atom. The molecule has 0 saturated heterocycles. The number of ether oxygens (including phenoxy) is 1. The second-order valence-electron chi connectivity index (χ2n) is 4.50. The highest BCUT2D eigenvalue weighted by molar-refractivity contribution is 7.85. The molecule has 0 aromatic heterocycles. The Bertz CT molecular complexity index is 557. The minimum atomic E-state index is -3.59. The zero-order valence-electron chi connectivity index (χ0n) is 10.4. The summed E-state index contributed by atoms with van der Waals surface area (Å²) < 4.78 is 44.7. The Hall–Kier alpha value is -1.18. The van der Waals surface area contributed by atoms with E-state index in [1.807, 2.05) is 0 Å². The number of hydrogen-bond acceptors (Lipinski definition) is 5. The van der Waals surface area contributed by atoms with Crippen LogP contribution in [0.1, 0.15) is 12.0 Å². The third-order valence-electron chi connectivity index (χ3n) is 2.88. The first kappa shape index (κ1) is 14.2. The lowest BCUT2D eigenvalue weighted by molar-refractivity contribution is -0.00188. The molecule has 0 saturated carbocycles. The molecule has 0 radical (unpaired) electrons. The summed E-state index contributed by atoms with van der Waals surface area (Å²) in [6.07, 6.45) is 0.352. The first-order chi connectivity index (χ1) is 8.85. The van der Waals surface area contributed by atoms with E-state index in [0.29, 0.717) is 18.6 Å². The van der Waals surface area contributed by atoms with E-state index >= 15 is 0 Å². The third kappa shape index (κ3) is 3.89. The molecule has 0 amide bonds. The van der Waals surface area contributed by atoms with Crippen LogP contribution in [0, 0.1) is 5.82 Å². The molecule has 1 aliphatic rings. The average molecular weight is 290 g/mol. The van der Waals surface area contributed by atoms with Gasteiger partial charge in [-0.3, -0.25) is 4.18 Å². The van der Waals surface area contributed by atoms with Crippen molar-refractivity contribution in [3.63, 3.8) is 0 Å². The van der Waals surface area contributed by atoms with E-state index in [0.717, 1.165) is 11.8 Å². The molecule has 1 aromatic carbocycles. The van der Waals surface area contributed by atoms with E-state index in [2.05, 4.69) is 4.18 Å². The number of aliphatic hydroxyl groups is 1. The minimum absolute atomic E-state index is 0.332. The number of aryl methyl sites for hydroxylation is 1. The van der Waals surface area contributed by atoms with Gasteiger partial charge < -0.3 is 9.84 Å². The SMILES string of the molecule is CS(=O)(=O)OCC(O)C1CCc2cc(F)ccc2O1. The molecule has 1 heterocycles. The predicted octanol–water partition coefficient (Wildman–Crippen LogP) is 0.856. The van der Waals surface area contributed by atoms with Crippen LogP contribution in [0.4, 0.5) is 4.39 Å². The maximum absolute atomic E-state index is 13.0. The maximum Gasteiger partial charge on any atom is 0.264 e. The predicted molar refractivity (Wildman–Crippen MR) is 65.9 cm³/mol. The summed E-state index contributed by atoms with van der Waals surface area (Å²) in [7, 11) is -3.59. The molecule has 0 fully saturated rings. The summed E-state index contributed by atoms with van der Waals surface area (Å²) in [5.74, 6) is 0.179. The van der Waals surface area contributed by atoms with Gasteiger partial charge in [0.2, 0.25) is 0 Å². The number of fused-ring (bicyclic) bond motifs is 1. The van der Waals surface area contributed by atoms with Crippen molar-refractivity contribution in [3.05, 3.63) is 29.6 Å². The fourth-order valence-corrected chi connectivity index (χ4v) is 2.34. The number of halogens is 1. The number of rotatable bonds is 4. The lowest BCUT2D eigenvalue weighted by Gasteiger charge is -2.29. The largest absolute Gasteiger partial charge is 0.487 e. The Labute approximate surface area is 111 Å². The van der Waals surface area contributed by atoms with Gasteiger partial charge in [-0.05, 0) is 36.6 Å². The van der Waals surface area contributed by atoms with Crippen LogP contribution < -0.4 is 4.74 Å². The summed E-state index contributed by atoms with van der Waals surface area (Å²) >= 11 is 0. The highest BCUT2D eigenvalue weighted by Gasteiger charge is 2.27. The van der Waals surface area contributed by atoms with E-state index in [9.17, 15) is 17.9 Å². The van der Waals surface area contributed by atoms with E-state index < -0.39 is 22.3 Å². The standard InChI is InChI=1S/C12H15FO5S/c1-19(15,16)17-7-10(14)12-4-2-8-6-9(13)3-5-11(8)18-12/h3,5-6,10,12,14H,2,4,7H2,1H3. The van der Waals surface area contributed by atoms with Gasteiger partial charge in [0.25, 0.3) is 10.1 Å². The van der Waals surface area contributed by atoms with Gasteiger partial charge in [-0.15, -0.1) is 0 Å². The Balaban J connectivity index is 1.99. The fraction of sp³-hybridized carbons (Fsp3) is 0.500. The van der Waals surface area contributed by atoms with Crippen LogP contribution in [0.15, 0.2) is 18.2 Å². The van der Waals surface area contributed by atoms with Crippen molar-refractivity contribution in [1.82, 2.24) is 0 Å².